The highest BCUT2D eigenvalue weighted by Gasteiger charge is 2.01. The molecule has 122 valence electrons. The fourth-order valence-electron chi connectivity index (χ4n) is 2.09. The first-order chi connectivity index (χ1) is 10.7. The number of hydrogen-bond acceptors (Lipinski definition) is 1. The van der Waals surface area contributed by atoms with Gasteiger partial charge in [-0.25, -0.2) is 9.18 Å². The number of allylic oxidation sites excluding steroid dienone is 1. The molecule has 0 heterocycles. The van der Waals surface area contributed by atoms with Gasteiger partial charge in [0.1, 0.15) is 5.83 Å². The number of benzene rings is 1. The number of urea groups is 1. The highest BCUT2D eigenvalue weighted by Crippen LogP contribution is 2.05. The molecule has 0 aromatic heterocycles. The molecule has 0 atom stereocenters. The topological polar surface area (TPSA) is 41.1 Å². The van der Waals surface area contributed by atoms with Crippen LogP contribution in [0.1, 0.15) is 44.6 Å². The fourth-order valence-corrected chi connectivity index (χ4v) is 2.09. The van der Waals surface area contributed by atoms with Gasteiger partial charge < -0.3 is 10.6 Å². The van der Waals surface area contributed by atoms with Crippen molar-refractivity contribution >= 4 is 6.03 Å². The first-order valence-electron chi connectivity index (χ1n) is 8.12. The number of aryl methyl sites for hydroxylation is 1. The Morgan fingerprint density at radius 2 is 1.91 bits per heavy atom. The van der Waals surface area contributed by atoms with Gasteiger partial charge in [-0.2, -0.15) is 0 Å². The fraction of sp³-hybridized carbons (Fsp3) is 0.500. The third-order valence-corrected chi connectivity index (χ3v) is 3.38. The normalized spacial score (nSPS) is 11.3. The summed E-state index contributed by atoms with van der Waals surface area (Å²) in [6.45, 7) is 2.74. The number of carbonyl (C=O) groups is 1. The van der Waals surface area contributed by atoms with Crippen LogP contribution < -0.4 is 10.6 Å². The van der Waals surface area contributed by atoms with E-state index in [4.69, 9.17) is 0 Å². The second kappa shape index (κ2) is 11.8. The zero-order chi connectivity index (χ0) is 16.0. The summed E-state index contributed by atoms with van der Waals surface area (Å²) in [5.74, 6) is -0.294. The first kappa shape index (κ1) is 18.2. The summed E-state index contributed by atoms with van der Waals surface area (Å²) >= 11 is 0. The van der Waals surface area contributed by atoms with Crippen molar-refractivity contribution in [1.29, 1.82) is 0 Å². The zero-order valence-electron chi connectivity index (χ0n) is 13.4. The quantitative estimate of drug-likeness (QED) is 0.620. The molecular weight excluding hydrogens is 279 g/mol. The molecule has 2 N–H and O–H groups in total. The van der Waals surface area contributed by atoms with Gasteiger partial charge in [0.05, 0.1) is 6.54 Å². The van der Waals surface area contributed by atoms with Gasteiger partial charge in [-0.1, -0.05) is 62.6 Å². The molecular formula is C18H27FN2O. The lowest BCUT2D eigenvalue weighted by atomic mass is 10.1. The molecule has 0 saturated heterocycles. The van der Waals surface area contributed by atoms with Crippen molar-refractivity contribution in [2.24, 2.45) is 0 Å². The van der Waals surface area contributed by atoms with Crippen LogP contribution in [0.3, 0.4) is 0 Å². The second-order valence-corrected chi connectivity index (χ2v) is 5.35. The van der Waals surface area contributed by atoms with Crippen molar-refractivity contribution in [2.75, 3.05) is 13.1 Å². The Balaban J connectivity index is 2.09. The molecule has 4 heteroatoms. The summed E-state index contributed by atoms with van der Waals surface area (Å²) in [5, 5.41) is 5.26. The maximum Gasteiger partial charge on any atom is 0.315 e. The molecule has 0 radical (unpaired) electrons. The second-order valence-electron chi connectivity index (χ2n) is 5.35. The van der Waals surface area contributed by atoms with Gasteiger partial charge in [-0.15, -0.1) is 0 Å². The van der Waals surface area contributed by atoms with Crippen molar-refractivity contribution in [3.63, 3.8) is 0 Å². The lowest BCUT2D eigenvalue weighted by molar-refractivity contribution is 0.241. The lowest BCUT2D eigenvalue weighted by Gasteiger charge is -2.06. The van der Waals surface area contributed by atoms with E-state index in [2.05, 4.69) is 17.6 Å². The van der Waals surface area contributed by atoms with E-state index in [1.54, 1.807) is 0 Å². The predicted molar refractivity (Wildman–Crippen MR) is 89.5 cm³/mol. The minimum absolute atomic E-state index is 0.0460. The smallest absolute Gasteiger partial charge is 0.315 e. The molecule has 0 saturated carbocycles. The van der Waals surface area contributed by atoms with Crippen LogP contribution >= 0.6 is 0 Å². The molecule has 0 aliphatic carbocycles. The number of carbonyl (C=O) groups excluding carboxylic acids is 1. The minimum Gasteiger partial charge on any atom is -0.338 e. The van der Waals surface area contributed by atoms with Gasteiger partial charge in [0, 0.05) is 6.54 Å². The summed E-state index contributed by atoms with van der Waals surface area (Å²) in [6.07, 6.45) is 7.41. The molecule has 0 unspecified atom stereocenters. The van der Waals surface area contributed by atoms with E-state index in [9.17, 15) is 9.18 Å². The van der Waals surface area contributed by atoms with Gasteiger partial charge in [0.15, 0.2) is 0 Å². The van der Waals surface area contributed by atoms with Crippen molar-refractivity contribution in [3.05, 3.63) is 47.8 Å². The number of nitrogens with one attached hydrogen (secondary N) is 2. The predicted octanol–water partition coefficient (Wildman–Crippen LogP) is 4.35. The van der Waals surface area contributed by atoms with Crippen LogP contribution in [0.25, 0.3) is 0 Å². The van der Waals surface area contributed by atoms with Crippen LogP contribution in [0.5, 0.6) is 0 Å². The van der Waals surface area contributed by atoms with Crippen LogP contribution in [-0.2, 0) is 6.42 Å². The monoisotopic (exact) mass is 306 g/mol. The molecule has 22 heavy (non-hydrogen) atoms. The molecule has 0 fully saturated rings. The highest BCUT2D eigenvalue weighted by molar-refractivity contribution is 5.73. The molecule has 1 aromatic rings. The van der Waals surface area contributed by atoms with E-state index in [0.717, 1.165) is 19.3 Å². The van der Waals surface area contributed by atoms with E-state index < -0.39 is 0 Å². The van der Waals surface area contributed by atoms with E-state index in [0.29, 0.717) is 13.0 Å². The highest BCUT2D eigenvalue weighted by atomic mass is 19.1. The Morgan fingerprint density at radius 3 is 2.64 bits per heavy atom. The Morgan fingerprint density at radius 1 is 1.14 bits per heavy atom. The number of rotatable bonds is 10. The Bertz CT molecular complexity index is 446. The van der Waals surface area contributed by atoms with Crippen molar-refractivity contribution in [1.82, 2.24) is 10.6 Å². The molecule has 2 amide bonds. The van der Waals surface area contributed by atoms with E-state index in [1.165, 1.54) is 24.5 Å². The van der Waals surface area contributed by atoms with Gasteiger partial charge in [-0.05, 0) is 24.8 Å². The standard InChI is InChI=1S/C18H27FN2O/c1-2-3-4-8-14-20-18(22)21-15-17(19)13-9-12-16-10-6-5-7-11-16/h5-7,10-11,13H,2-4,8-9,12,14-15H2,1H3,(H2,20,21,22)/b17-13-. The SMILES string of the molecule is CCCCCCNC(=O)NC/C(F)=C/CCc1ccccc1. The first-order valence-corrected chi connectivity index (χ1v) is 8.12. The number of amides is 2. The summed E-state index contributed by atoms with van der Waals surface area (Å²) in [5.41, 5.74) is 1.18. The zero-order valence-corrected chi connectivity index (χ0v) is 13.4. The van der Waals surface area contributed by atoms with Crippen molar-refractivity contribution < 1.29 is 9.18 Å². The molecule has 1 rings (SSSR count). The van der Waals surface area contributed by atoms with Crippen molar-refractivity contribution in [3.8, 4) is 0 Å². The van der Waals surface area contributed by atoms with Crippen LogP contribution in [0.4, 0.5) is 9.18 Å². The summed E-state index contributed by atoms with van der Waals surface area (Å²) in [7, 11) is 0. The summed E-state index contributed by atoms with van der Waals surface area (Å²) in [4.78, 5) is 11.5. The maximum atomic E-state index is 13.6. The number of halogens is 1. The summed E-state index contributed by atoms with van der Waals surface area (Å²) in [6, 6.07) is 9.66. The van der Waals surface area contributed by atoms with E-state index in [1.807, 2.05) is 30.3 Å². The average Bonchev–Trinajstić information content (AvgIpc) is 2.54. The van der Waals surface area contributed by atoms with Gasteiger partial charge in [-0.3, -0.25) is 0 Å². The molecule has 0 spiro atoms. The molecule has 1 aromatic carbocycles. The number of hydrogen-bond donors (Lipinski definition) is 2. The van der Waals surface area contributed by atoms with Crippen LogP contribution in [0, 0.1) is 0 Å². The van der Waals surface area contributed by atoms with Crippen molar-refractivity contribution in [2.45, 2.75) is 45.4 Å². The average molecular weight is 306 g/mol. The summed E-state index contributed by atoms with van der Waals surface area (Å²) < 4.78 is 13.6. The minimum atomic E-state index is -0.303. The Hall–Kier alpha value is -1.84. The van der Waals surface area contributed by atoms with Gasteiger partial charge in [0.2, 0.25) is 0 Å². The third-order valence-electron chi connectivity index (χ3n) is 3.38. The number of unbranched alkanes of at least 4 members (excludes halogenated alkanes) is 3. The molecule has 0 aliphatic rings. The van der Waals surface area contributed by atoms with Crippen LogP contribution in [-0.4, -0.2) is 19.1 Å². The maximum absolute atomic E-state index is 13.6. The molecule has 0 bridgehead atoms. The van der Waals surface area contributed by atoms with E-state index >= 15 is 0 Å². The Kier molecular flexibility index (Phi) is 9.75. The van der Waals surface area contributed by atoms with Crippen LogP contribution in [0.15, 0.2) is 42.2 Å². The molecule has 3 nitrogen and oxygen atoms in total. The third kappa shape index (κ3) is 9.16. The van der Waals surface area contributed by atoms with Gasteiger partial charge >= 0.3 is 6.03 Å². The Labute approximate surface area is 133 Å². The van der Waals surface area contributed by atoms with E-state index in [-0.39, 0.29) is 18.4 Å². The van der Waals surface area contributed by atoms with Gasteiger partial charge in [0.25, 0.3) is 0 Å². The molecule has 0 aliphatic heterocycles. The largest absolute Gasteiger partial charge is 0.338 e. The van der Waals surface area contributed by atoms with Crippen LogP contribution in [0.2, 0.25) is 0 Å². The lowest BCUT2D eigenvalue weighted by Crippen LogP contribution is -2.36.